The van der Waals surface area contributed by atoms with E-state index in [9.17, 15) is 9.59 Å². The van der Waals surface area contributed by atoms with Crippen LogP contribution in [0.5, 0.6) is 0 Å². The van der Waals surface area contributed by atoms with Crippen LogP contribution in [0.1, 0.15) is 5.56 Å². The average Bonchev–Trinajstić information content (AvgIpc) is 2.29. The van der Waals surface area contributed by atoms with Crippen LogP contribution in [0.15, 0.2) is 28.7 Å². The Hall–Kier alpha value is -1.40. The number of amides is 1. The molecule has 2 N–H and O–H groups in total. The van der Waals surface area contributed by atoms with Crippen molar-refractivity contribution in [3.8, 4) is 0 Å². The molecule has 0 aliphatic carbocycles. The standard InChI is InChI=1S/C13H14BrNO4/c14-10-3-1-9(2-4-10)5-6-15-11(16)13(12(17)18)7-19-8-13/h1-4H,5-8H2,(H,15,16)(H,17,18). The Balaban J connectivity index is 1.84. The molecule has 5 nitrogen and oxygen atoms in total. The summed E-state index contributed by atoms with van der Waals surface area (Å²) < 4.78 is 5.85. The number of hydrogen-bond acceptors (Lipinski definition) is 3. The fourth-order valence-corrected chi connectivity index (χ4v) is 2.06. The lowest BCUT2D eigenvalue weighted by atomic mass is 9.85. The summed E-state index contributed by atoms with van der Waals surface area (Å²) in [6, 6.07) is 7.76. The van der Waals surface area contributed by atoms with Crippen molar-refractivity contribution in [3.05, 3.63) is 34.3 Å². The summed E-state index contributed by atoms with van der Waals surface area (Å²) in [4.78, 5) is 22.9. The average molecular weight is 328 g/mol. The molecule has 6 heteroatoms. The third-order valence-electron chi connectivity index (χ3n) is 3.15. The van der Waals surface area contributed by atoms with E-state index in [4.69, 9.17) is 9.84 Å². The van der Waals surface area contributed by atoms with Crippen LogP contribution in [0.3, 0.4) is 0 Å². The molecular weight excluding hydrogens is 314 g/mol. The van der Waals surface area contributed by atoms with E-state index >= 15 is 0 Å². The molecule has 0 atom stereocenters. The van der Waals surface area contributed by atoms with Gasteiger partial charge in [0.15, 0.2) is 5.41 Å². The van der Waals surface area contributed by atoms with Gasteiger partial charge in [-0.2, -0.15) is 0 Å². The first kappa shape index (κ1) is 14.0. The highest BCUT2D eigenvalue weighted by Gasteiger charge is 2.53. The molecule has 1 aliphatic heterocycles. The Bertz CT molecular complexity index is 482. The topological polar surface area (TPSA) is 75.6 Å². The van der Waals surface area contributed by atoms with Crippen molar-refractivity contribution in [2.45, 2.75) is 6.42 Å². The second-order valence-corrected chi connectivity index (χ2v) is 5.43. The second kappa shape index (κ2) is 5.71. The van der Waals surface area contributed by atoms with Crippen molar-refractivity contribution in [1.82, 2.24) is 5.32 Å². The van der Waals surface area contributed by atoms with Crippen molar-refractivity contribution in [2.24, 2.45) is 5.41 Å². The normalized spacial score (nSPS) is 16.5. The zero-order valence-electron chi connectivity index (χ0n) is 10.2. The van der Waals surface area contributed by atoms with E-state index in [1.165, 1.54) is 0 Å². The molecule has 1 fully saturated rings. The van der Waals surface area contributed by atoms with Crippen LogP contribution in [-0.2, 0) is 20.7 Å². The predicted octanol–water partition coefficient (Wildman–Crippen LogP) is 1.21. The van der Waals surface area contributed by atoms with Crippen LogP contribution < -0.4 is 5.32 Å². The highest BCUT2D eigenvalue weighted by Crippen LogP contribution is 2.27. The summed E-state index contributed by atoms with van der Waals surface area (Å²) in [5.41, 5.74) is -0.308. The number of rotatable bonds is 5. The van der Waals surface area contributed by atoms with Gasteiger partial charge in [0, 0.05) is 11.0 Å². The van der Waals surface area contributed by atoms with Gasteiger partial charge in [-0.25, -0.2) is 0 Å². The number of aliphatic carboxylic acids is 1. The Kier molecular flexibility index (Phi) is 4.21. The molecular formula is C13H14BrNO4. The van der Waals surface area contributed by atoms with Crippen LogP contribution in [-0.4, -0.2) is 36.7 Å². The van der Waals surface area contributed by atoms with Crippen LogP contribution in [0, 0.1) is 5.41 Å². The van der Waals surface area contributed by atoms with E-state index in [2.05, 4.69) is 21.2 Å². The molecule has 0 saturated carbocycles. The minimum atomic E-state index is -1.39. The van der Waals surface area contributed by atoms with Gasteiger partial charge >= 0.3 is 5.97 Å². The van der Waals surface area contributed by atoms with E-state index in [0.717, 1.165) is 10.0 Å². The Labute approximate surface area is 119 Å². The van der Waals surface area contributed by atoms with E-state index in [1.54, 1.807) is 0 Å². The number of carbonyl (C=O) groups is 2. The van der Waals surface area contributed by atoms with Gasteiger partial charge in [-0.1, -0.05) is 28.1 Å². The minimum absolute atomic E-state index is 0.0492. The summed E-state index contributed by atoms with van der Waals surface area (Å²) in [5.74, 6) is -1.59. The lowest BCUT2D eigenvalue weighted by Gasteiger charge is -2.35. The fraction of sp³-hybridized carbons (Fsp3) is 0.385. The highest BCUT2D eigenvalue weighted by molar-refractivity contribution is 9.10. The first-order chi connectivity index (χ1) is 9.04. The molecule has 102 valence electrons. The molecule has 0 radical (unpaired) electrons. The smallest absolute Gasteiger partial charge is 0.324 e. The van der Waals surface area contributed by atoms with Gasteiger partial charge in [0.05, 0.1) is 13.2 Å². The number of nitrogens with one attached hydrogen (secondary N) is 1. The molecule has 1 saturated heterocycles. The number of carbonyl (C=O) groups excluding carboxylic acids is 1. The molecule has 1 aromatic carbocycles. The maximum absolute atomic E-state index is 11.9. The number of carboxylic acids is 1. The number of halogens is 1. The third kappa shape index (κ3) is 2.96. The van der Waals surface area contributed by atoms with Gasteiger partial charge < -0.3 is 15.2 Å². The van der Waals surface area contributed by atoms with E-state index in [-0.39, 0.29) is 13.2 Å². The lowest BCUT2D eigenvalue weighted by molar-refractivity contribution is -0.185. The summed E-state index contributed by atoms with van der Waals surface area (Å²) in [6.45, 7) is 0.314. The number of carboxylic acid groups (broad SMARTS) is 1. The molecule has 0 bridgehead atoms. The fourth-order valence-electron chi connectivity index (χ4n) is 1.80. The van der Waals surface area contributed by atoms with Crippen molar-refractivity contribution in [1.29, 1.82) is 0 Å². The van der Waals surface area contributed by atoms with Crippen LogP contribution >= 0.6 is 15.9 Å². The quantitative estimate of drug-likeness (QED) is 0.797. The van der Waals surface area contributed by atoms with Crippen LogP contribution in [0.2, 0.25) is 0 Å². The summed E-state index contributed by atoms with van der Waals surface area (Å²) in [5, 5.41) is 11.7. The van der Waals surface area contributed by atoms with Crippen molar-refractivity contribution in [2.75, 3.05) is 19.8 Å². The maximum Gasteiger partial charge on any atom is 0.324 e. The van der Waals surface area contributed by atoms with E-state index in [1.807, 2.05) is 24.3 Å². The molecule has 0 aromatic heterocycles. The summed E-state index contributed by atoms with van der Waals surface area (Å²) in [7, 11) is 0. The predicted molar refractivity (Wildman–Crippen MR) is 71.7 cm³/mol. The number of ether oxygens (including phenoxy) is 1. The number of benzene rings is 1. The Morgan fingerprint density at radius 3 is 2.42 bits per heavy atom. The van der Waals surface area contributed by atoms with Crippen molar-refractivity contribution < 1.29 is 19.4 Å². The Morgan fingerprint density at radius 2 is 1.95 bits per heavy atom. The molecule has 0 unspecified atom stereocenters. The summed E-state index contributed by atoms with van der Waals surface area (Å²) >= 11 is 3.35. The zero-order valence-corrected chi connectivity index (χ0v) is 11.8. The van der Waals surface area contributed by atoms with Crippen LogP contribution in [0.25, 0.3) is 0 Å². The first-order valence-electron chi connectivity index (χ1n) is 5.88. The molecule has 1 amide bonds. The van der Waals surface area contributed by atoms with E-state index < -0.39 is 17.3 Å². The summed E-state index contributed by atoms with van der Waals surface area (Å²) in [6.07, 6.45) is 0.662. The maximum atomic E-state index is 11.9. The SMILES string of the molecule is O=C(O)C1(C(=O)NCCc2ccc(Br)cc2)COC1. The van der Waals surface area contributed by atoms with Gasteiger partial charge in [-0.3, -0.25) is 9.59 Å². The monoisotopic (exact) mass is 327 g/mol. The Morgan fingerprint density at radius 1 is 1.32 bits per heavy atom. The van der Waals surface area contributed by atoms with Crippen molar-refractivity contribution in [3.63, 3.8) is 0 Å². The zero-order chi connectivity index (χ0) is 13.9. The van der Waals surface area contributed by atoms with Gasteiger partial charge in [0.25, 0.3) is 0 Å². The molecule has 1 aliphatic rings. The van der Waals surface area contributed by atoms with Crippen LogP contribution in [0.4, 0.5) is 0 Å². The minimum Gasteiger partial charge on any atom is -0.480 e. The molecule has 2 rings (SSSR count). The van der Waals surface area contributed by atoms with Gasteiger partial charge in [-0.15, -0.1) is 0 Å². The molecule has 1 heterocycles. The second-order valence-electron chi connectivity index (χ2n) is 4.51. The lowest BCUT2D eigenvalue weighted by Crippen LogP contribution is -2.59. The van der Waals surface area contributed by atoms with Crippen molar-refractivity contribution >= 4 is 27.8 Å². The van der Waals surface area contributed by atoms with Gasteiger partial charge in [0.1, 0.15) is 0 Å². The number of hydrogen-bond donors (Lipinski definition) is 2. The largest absolute Gasteiger partial charge is 0.480 e. The first-order valence-corrected chi connectivity index (χ1v) is 6.68. The molecule has 1 aromatic rings. The van der Waals surface area contributed by atoms with E-state index in [0.29, 0.717) is 13.0 Å². The van der Waals surface area contributed by atoms with Gasteiger partial charge in [-0.05, 0) is 24.1 Å². The molecule has 19 heavy (non-hydrogen) atoms. The highest BCUT2D eigenvalue weighted by atomic mass is 79.9. The molecule has 0 spiro atoms. The third-order valence-corrected chi connectivity index (χ3v) is 3.68. The van der Waals surface area contributed by atoms with Gasteiger partial charge in [0.2, 0.25) is 5.91 Å².